The molecule has 0 aliphatic rings. The second-order valence-electron chi connectivity index (χ2n) is 9.19. The Morgan fingerprint density at radius 1 is 1.10 bits per heavy atom. The van der Waals surface area contributed by atoms with Crippen LogP contribution in [0.2, 0.25) is 0 Å². The number of hydrogen-bond acceptors (Lipinski definition) is 4. The normalized spacial score (nSPS) is 12.2. The van der Waals surface area contributed by atoms with Crippen LogP contribution in [0.15, 0.2) is 6.20 Å². The number of imidazole rings is 1. The van der Waals surface area contributed by atoms with Gasteiger partial charge in [0.1, 0.15) is 0 Å². The Labute approximate surface area is 173 Å². The molecule has 2 aromatic rings. The lowest BCUT2D eigenvalue weighted by Gasteiger charge is -2.25. The lowest BCUT2D eigenvalue weighted by molar-refractivity contribution is 0.0940. The first-order chi connectivity index (χ1) is 13.3. The van der Waals surface area contributed by atoms with E-state index in [9.17, 15) is 9.59 Å². The maximum absolute atomic E-state index is 12.7. The summed E-state index contributed by atoms with van der Waals surface area (Å²) in [5.74, 6) is -0.0120. The number of carbonyl (C=O) groups is 2. The number of nitrogens with zero attached hydrogens (tertiary/aromatic N) is 4. The Balaban J connectivity index is 2.09. The average Bonchev–Trinajstić information content (AvgIpc) is 3.13. The molecule has 0 bridgehead atoms. The molecule has 0 unspecified atom stereocenters. The van der Waals surface area contributed by atoms with Gasteiger partial charge in [-0.05, 0) is 13.3 Å². The van der Waals surface area contributed by atoms with Gasteiger partial charge in [-0.3, -0.25) is 14.3 Å². The zero-order valence-electron chi connectivity index (χ0n) is 19.1. The minimum absolute atomic E-state index is 0.0889. The molecule has 2 N–H and O–H groups in total. The fourth-order valence-corrected chi connectivity index (χ4v) is 3.95. The quantitative estimate of drug-likeness (QED) is 0.775. The van der Waals surface area contributed by atoms with Crippen molar-refractivity contribution < 1.29 is 9.59 Å². The molecule has 2 aromatic heterocycles. The van der Waals surface area contributed by atoms with Crippen LogP contribution in [0.4, 0.5) is 0 Å². The van der Waals surface area contributed by atoms with Gasteiger partial charge in [-0.15, -0.1) is 0 Å². The Bertz CT molecular complexity index is 914. The Hall–Kier alpha value is -2.64. The third-order valence-electron chi connectivity index (χ3n) is 5.36. The average molecular weight is 403 g/mol. The first kappa shape index (κ1) is 22.6. The molecule has 0 fully saturated rings. The van der Waals surface area contributed by atoms with E-state index in [0.29, 0.717) is 24.5 Å². The van der Waals surface area contributed by atoms with E-state index in [4.69, 9.17) is 0 Å². The molecular formula is C21H34N6O2. The molecule has 2 amide bonds. The largest absolute Gasteiger partial charge is 0.352 e. The summed E-state index contributed by atoms with van der Waals surface area (Å²) < 4.78 is 3.60. The highest BCUT2D eigenvalue weighted by Crippen LogP contribution is 2.28. The fourth-order valence-electron chi connectivity index (χ4n) is 3.95. The van der Waals surface area contributed by atoms with Crippen molar-refractivity contribution in [3.05, 3.63) is 34.7 Å². The second kappa shape index (κ2) is 8.00. The van der Waals surface area contributed by atoms with Crippen LogP contribution < -0.4 is 10.6 Å². The number of amides is 2. The topological polar surface area (TPSA) is 93.8 Å². The van der Waals surface area contributed by atoms with E-state index in [2.05, 4.69) is 55.3 Å². The van der Waals surface area contributed by atoms with Crippen LogP contribution in [0.5, 0.6) is 0 Å². The third kappa shape index (κ3) is 4.52. The SMILES string of the molecule is CNC(=O)c1ncc(C(C)(C)CCNC(=O)c2nn(C)c(C(C)(C)C)c2C)n1C. The van der Waals surface area contributed by atoms with Gasteiger partial charge in [-0.1, -0.05) is 34.6 Å². The molecule has 29 heavy (non-hydrogen) atoms. The Morgan fingerprint density at radius 2 is 1.72 bits per heavy atom. The van der Waals surface area contributed by atoms with Crippen molar-refractivity contribution in [2.75, 3.05) is 13.6 Å². The van der Waals surface area contributed by atoms with Crippen LogP contribution in [0.3, 0.4) is 0 Å². The van der Waals surface area contributed by atoms with Crippen molar-refractivity contribution in [3.63, 3.8) is 0 Å². The van der Waals surface area contributed by atoms with Crippen molar-refractivity contribution in [1.82, 2.24) is 30.0 Å². The maximum atomic E-state index is 12.7. The minimum atomic E-state index is -0.267. The summed E-state index contributed by atoms with van der Waals surface area (Å²) in [6.07, 6.45) is 2.42. The van der Waals surface area contributed by atoms with E-state index in [1.54, 1.807) is 22.5 Å². The summed E-state index contributed by atoms with van der Waals surface area (Å²) in [5, 5.41) is 10.0. The summed E-state index contributed by atoms with van der Waals surface area (Å²) in [6.45, 7) is 12.9. The molecule has 0 aliphatic carbocycles. The van der Waals surface area contributed by atoms with E-state index in [-0.39, 0.29) is 22.6 Å². The first-order valence-electron chi connectivity index (χ1n) is 9.87. The standard InChI is InChI=1S/C21H34N6O2/c1-13-15(25-27(9)16(13)20(2,3)4)18(28)23-11-10-21(5,6)14-12-24-17(26(14)8)19(29)22-7/h12H,10-11H2,1-9H3,(H,22,29)(H,23,28). The second-order valence-corrected chi connectivity index (χ2v) is 9.19. The van der Waals surface area contributed by atoms with Gasteiger partial charge in [0, 0.05) is 61.7 Å². The van der Waals surface area contributed by atoms with E-state index in [1.807, 2.05) is 21.0 Å². The summed E-state index contributed by atoms with van der Waals surface area (Å²) in [5.41, 5.74) is 3.02. The predicted octanol–water partition coefficient (Wildman–Crippen LogP) is 2.22. The smallest absolute Gasteiger partial charge is 0.287 e. The van der Waals surface area contributed by atoms with Gasteiger partial charge in [0.2, 0.25) is 0 Å². The highest BCUT2D eigenvalue weighted by molar-refractivity contribution is 5.94. The van der Waals surface area contributed by atoms with Crippen molar-refractivity contribution in [2.45, 2.75) is 58.8 Å². The number of rotatable bonds is 6. The van der Waals surface area contributed by atoms with Crippen molar-refractivity contribution in [2.24, 2.45) is 14.1 Å². The summed E-state index contributed by atoms with van der Waals surface area (Å²) in [7, 11) is 5.29. The van der Waals surface area contributed by atoms with E-state index in [1.165, 1.54) is 0 Å². The molecule has 0 saturated heterocycles. The highest BCUT2D eigenvalue weighted by Gasteiger charge is 2.29. The lowest BCUT2D eigenvalue weighted by atomic mass is 9.85. The molecular weight excluding hydrogens is 368 g/mol. The van der Waals surface area contributed by atoms with Gasteiger partial charge >= 0.3 is 0 Å². The first-order valence-corrected chi connectivity index (χ1v) is 9.87. The molecule has 8 nitrogen and oxygen atoms in total. The van der Waals surface area contributed by atoms with Crippen molar-refractivity contribution >= 4 is 11.8 Å². The summed E-state index contributed by atoms with van der Waals surface area (Å²) in [4.78, 5) is 28.9. The molecule has 0 aliphatic heterocycles. The molecule has 0 atom stereocenters. The molecule has 0 spiro atoms. The third-order valence-corrected chi connectivity index (χ3v) is 5.36. The van der Waals surface area contributed by atoms with E-state index < -0.39 is 0 Å². The van der Waals surface area contributed by atoms with Crippen LogP contribution in [-0.4, -0.2) is 44.7 Å². The Kier molecular flexibility index (Phi) is 6.25. The molecule has 0 aromatic carbocycles. The minimum Gasteiger partial charge on any atom is -0.352 e. The number of hydrogen-bond donors (Lipinski definition) is 2. The lowest BCUT2D eigenvalue weighted by Crippen LogP contribution is -2.32. The van der Waals surface area contributed by atoms with Crippen molar-refractivity contribution in [3.8, 4) is 0 Å². The van der Waals surface area contributed by atoms with E-state index in [0.717, 1.165) is 17.0 Å². The molecule has 2 rings (SSSR count). The van der Waals surface area contributed by atoms with Gasteiger partial charge < -0.3 is 15.2 Å². The van der Waals surface area contributed by atoms with E-state index >= 15 is 0 Å². The van der Waals surface area contributed by atoms with Gasteiger partial charge in [0.25, 0.3) is 11.8 Å². The van der Waals surface area contributed by atoms with Crippen LogP contribution in [0.25, 0.3) is 0 Å². The molecule has 8 heteroatoms. The number of carbonyl (C=O) groups excluding carboxylic acids is 2. The van der Waals surface area contributed by atoms with Gasteiger partial charge in [-0.2, -0.15) is 5.10 Å². The number of aromatic nitrogens is 4. The van der Waals surface area contributed by atoms with Crippen LogP contribution >= 0.6 is 0 Å². The van der Waals surface area contributed by atoms with Crippen LogP contribution in [0, 0.1) is 6.92 Å². The molecule has 0 radical (unpaired) electrons. The zero-order valence-corrected chi connectivity index (χ0v) is 19.1. The maximum Gasteiger partial charge on any atom is 0.287 e. The van der Waals surface area contributed by atoms with Gasteiger partial charge in [-0.25, -0.2) is 4.98 Å². The summed E-state index contributed by atoms with van der Waals surface area (Å²) in [6, 6.07) is 0. The number of aryl methyl sites for hydroxylation is 1. The molecule has 2 heterocycles. The predicted molar refractivity (Wildman–Crippen MR) is 113 cm³/mol. The summed E-state index contributed by atoms with van der Waals surface area (Å²) >= 11 is 0. The van der Waals surface area contributed by atoms with Crippen LogP contribution in [-0.2, 0) is 24.9 Å². The van der Waals surface area contributed by atoms with Crippen LogP contribution in [0.1, 0.15) is 79.1 Å². The fraction of sp³-hybridized carbons (Fsp3) is 0.619. The van der Waals surface area contributed by atoms with Gasteiger partial charge in [0.15, 0.2) is 11.5 Å². The highest BCUT2D eigenvalue weighted by atomic mass is 16.2. The van der Waals surface area contributed by atoms with Gasteiger partial charge in [0.05, 0.1) is 0 Å². The monoisotopic (exact) mass is 402 g/mol. The molecule has 0 saturated carbocycles. The number of nitrogens with one attached hydrogen (secondary N) is 2. The molecule has 160 valence electrons. The Morgan fingerprint density at radius 3 is 2.24 bits per heavy atom. The zero-order chi connectivity index (χ0) is 22.1. The van der Waals surface area contributed by atoms with Crippen molar-refractivity contribution in [1.29, 1.82) is 0 Å².